The number of carbonyl (C=O) groups is 1. The van der Waals surface area contributed by atoms with Crippen molar-refractivity contribution in [1.29, 1.82) is 0 Å². The summed E-state index contributed by atoms with van der Waals surface area (Å²) in [6.45, 7) is 1.31. The van der Waals surface area contributed by atoms with E-state index in [4.69, 9.17) is 4.74 Å². The van der Waals surface area contributed by atoms with Gasteiger partial charge in [0, 0.05) is 6.92 Å². The summed E-state index contributed by atoms with van der Waals surface area (Å²) in [7, 11) is 0. The topological polar surface area (TPSA) is 43.4 Å². The highest BCUT2D eigenvalue weighted by Crippen LogP contribution is 2.05. The Bertz CT molecular complexity index is 344. The van der Waals surface area contributed by atoms with Crippen molar-refractivity contribution in [3.05, 3.63) is 40.6 Å². The lowest BCUT2D eigenvalue weighted by atomic mass is 10.5. The maximum Gasteiger partial charge on any atom is 0.308 e. The van der Waals surface area contributed by atoms with Crippen LogP contribution in [0.15, 0.2) is 35.1 Å². The number of hydrogen-bond acceptors (Lipinski definition) is 3. The highest BCUT2D eigenvalue weighted by molar-refractivity contribution is 5.69. The van der Waals surface area contributed by atoms with Crippen molar-refractivity contribution in [2.45, 2.75) is 6.92 Å². The molecule has 62 valence electrons. The fourth-order valence-corrected chi connectivity index (χ4v) is 0.747. The summed E-state index contributed by atoms with van der Waals surface area (Å²) in [5.41, 5.74) is -0.117. The molecule has 0 radical (unpaired) electrons. The molecule has 0 spiro atoms. The molecule has 0 aliphatic carbocycles. The van der Waals surface area contributed by atoms with Crippen LogP contribution in [0.3, 0.4) is 0 Å². The maximum absolute atomic E-state index is 10.8. The Morgan fingerprint density at radius 3 is 2.67 bits per heavy atom. The van der Waals surface area contributed by atoms with Gasteiger partial charge in [-0.2, -0.15) is 0 Å². The molecular weight excluding hydrogens is 156 g/mol. The summed E-state index contributed by atoms with van der Waals surface area (Å²) in [6, 6.07) is 7.30. The molecule has 0 N–H and O–H groups in total. The first-order valence-electron chi connectivity index (χ1n) is 3.47. The number of rotatable bonds is 1. The van der Waals surface area contributed by atoms with Crippen molar-refractivity contribution in [3.63, 3.8) is 0 Å². The van der Waals surface area contributed by atoms with E-state index in [1.54, 1.807) is 12.1 Å². The largest absolute Gasteiger partial charge is 0.427 e. The second-order valence-electron chi connectivity index (χ2n) is 2.26. The third-order valence-corrected chi connectivity index (χ3v) is 1.19. The van der Waals surface area contributed by atoms with Crippen LogP contribution in [0.5, 0.6) is 5.75 Å². The zero-order valence-corrected chi connectivity index (χ0v) is 6.61. The van der Waals surface area contributed by atoms with Crippen LogP contribution in [-0.2, 0) is 4.79 Å². The van der Waals surface area contributed by atoms with Gasteiger partial charge in [-0.25, -0.2) is 0 Å². The predicted octanol–water partition coefficient (Wildman–Crippen LogP) is 0.972. The Hall–Kier alpha value is -1.64. The van der Waals surface area contributed by atoms with Crippen LogP contribution in [0.2, 0.25) is 0 Å². The minimum absolute atomic E-state index is 0.117. The summed E-state index contributed by atoms with van der Waals surface area (Å²) in [5, 5.41) is 0. The minimum atomic E-state index is -0.395. The average Bonchev–Trinajstić information content (AvgIpc) is 2.15. The Kier molecular flexibility index (Phi) is 2.58. The lowest BCUT2D eigenvalue weighted by molar-refractivity contribution is -0.131. The van der Waals surface area contributed by atoms with Gasteiger partial charge in [-0.1, -0.05) is 6.07 Å². The minimum Gasteiger partial charge on any atom is -0.427 e. The van der Waals surface area contributed by atoms with Gasteiger partial charge in [0.2, 0.25) is 0 Å². The Labute approximate surface area is 69.6 Å². The highest BCUT2D eigenvalue weighted by Gasteiger charge is 1.93. The zero-order chi connectivity index (χ0) is 8.97. The van der Waals surface area contributed by atoms with Crippen molar-refractivity contribution >= 4 is 5.97 Å². The van der Waals surface area contributed by atoms with Gasteiger partial charge in [0.05, 0.1) is 0 Å². The van der Waals surface area contributed by atoms with Crippen LogP contribution in [0, 0.1) is 0 Å². The van der Waals surface area contributed by atoms with Crippen molar-refractivity contribution in [2.75, 3.05) is 0 Å². The molecule has 0 amide bonds. The van der Waals surface area contributed by atoms with E-state index in [9.17, 15) is 9.59 Å². The van der Waals surface area contributed by atoms with Gasteiger partial charge >= 0.3 is 5.97 Å². The highest BCUT2D eigenvalue weighted by atomic mass is 16.5. The molecule has 12 heavy (non-hydrogen) atoms. The molecule has 0 fully saturated rings. The van der Waals surface area contributed by atoms with Gasteiger partial charge in [0.1, 0.15) is 5.75 Å². The van der Waals surface area contributed by atoms with E-state index in [0.29, 0.717) is 5.75 Å². The lowest BCUT2D eigenvalue weighted by Gasteiger charge is -1.94. The maximum atomic E-state index is 10.8. The zero-order valence-electron chi connectivity index (χ0n) is 6.61. The van der Waals surface area contributed by atoms with Crippen LogP contribution in [0.1, 0.15) is 6.92 Å². The Morgan fingerprint density at radius 1 is 1.25 bits per heavy atom. The third kappa shape index (κ3) is 2.54. The van der Waals surface area contributed by atoms with Crippen LogP contribution in [0.4, 0.5) is 0 Å². The predicted molar refractivity (Wildman–Crippen MR) is 44.0 cm³/mol. The smallest absolute Gasteiger partial charge is 0.308 e. The van der Waals surface area contributed by atoms with Crippen molar-refractivity contribution < 1.29 is 9.53 Å². The SMILES string of the molecule is CC(=O)Oc1cccc(=O)cc1. The average molecular weight is 164 g/mol. The van der Waals surface area contributed by atoms with Crippen LogP contribution in [-0.4, -0.2) is 5.97 Å². The molecule has 0 saturated carbocycles. The molecule has 0 aliphatic rings. The van der Waals surface area contributed by atoms with E-state index in [0.717, 1.165) is 0 Å². The normalized spacial score (nSPS) is 9.08. The molecule has 1 rings (SSSR count). The summed E-state index contributed by atoms with van der Waals surface area (Å²) in [5.74, 6) is -0.0155. The molecule has 3 nitrogen and oxygen atoms in total. The number of hydrogen-bond donors (Lipinski definition) is 0. The molecule has 0 atom stereocenters. The van der Waals surface area contributed by atoms with E-state index in [1.165, 1.54) is 25.1 Å². The van der Waals surface area contributed by atoms with Gasteiger partial charge in [-0.3, -0.25) is 9.59 Å². The van der Waals surface area contributed by atoms with E-state index < -0.39 is 5.97 Å². The fraction of sp³-hybridized carbons (Fsp3) is 0.111. The molecular formula is C9H8O3. The van der Waals surface area contributed by atoms with Crippen LogP contribution in [0.25, 0.3) is 0 Å². The quantitative estimate of drug-likeness (QED) is 0.581. The first kappa shape index (κ1) is 8.46. The molecule has 1 aromatic rings. The van der Waals surface area contributed by atoms with E-state index in [1.807, 2.05) is 0 Å². The summed E-state index contributed by atoms with van der Waals surface area (Å²) in [4.78, 5) is 21.3. The third-order valence-electron chi connectivity index (χ3n) is 1.19. The number of carbonyl (C=O) groups excluding carboxylic acids is 1. The monoisotopic (exact) mass is 164 g/mol. The summed E-state index contributed by atoms with van der Waals surface area (Å²) < 4.78 is 4.75. The molecule has 0 saturated heterocycles. The molecule has 1 aromatic carbocycles. The second kappa shape index (κ2) is 3.67. The second-order valence-corrected chi connectivity index (χ2v) is 2.26. The molecule has 0 aromatic heterocycles. The van der Waals surface area contributed by atoms with E-state index >= 15 is 0 Å². The standard InChI is InChI=1S/C9H8O3/c1-7(10)12-9-4-2-3-8(11)5-6-9/h2-6H,1H3. The molecule has 0 bridgehead atoms. The first-order chi connectivity index (χ1) is 5.68. The molecule has 3 heteroatoms. The lowest BCUT2D eigenvalue weighted by Crippen LogP contribution is -2.00. The number of ether oxygens (including phenoxy) is 1. The van der Waals surface area contributed by atoms with Gasteiger partial charge in [-0.15, -0.1) is 0 Å². The molecule has 0 aliphatic heterocycles. The number of esters is 1. The molecule has 0 unspecified atom stereocenters. The van der Waals surface area contributed by atoms with Crippen molar-refractivity contribution in [1.82, 2.24) is 0 Å². The first-order valence-corrected chi connectivity index (χ1v) is 3.47. The Morgan fingerprint density at radius 2 is 2.00 bits per heavy atom. The van der Waals surface area contributed by atoms with Gasteiger partial charge < -0.3 is 4.74 Å². The van der Waals surface area contributed by atoms with Crippen LogP contribution >= 0.6 is 0 Å². The fourth-order valence-electron chi connectivity index (χ4n) is 0.747. The summed E-state index contributed by atoms with van der Waals surface area (Å²) >= 11 is 0. The van der Waals surface area contributed by atoms with Crippen molar-refractivity contribution in [3.8, 4) is 5.75 Å². The van der Waals surface area contributed by atoms with Gasteiger partial charge in [-0.05, 0) is 24.3 Å². The van der Waals surface area contributed by atoms with E-state index in [-0.39, 0.29) is 5.43 Å². The van der Waals surface area contributed by atoms with Crippen LogP contribution < -0.4 is 10.2 Å². The Balaban J connectivity index is 2.97. The van der Waals surface area contributed by atoms with Crippen molar-refractivity contribution in [2.24, 2.45) is 0 Å². The summed E-state index contributed by atoms with van der Waals surface area (Å²) in [6.07, 6.45) is 0. The van der Waals surface area contributed by atoms with Gasteiger partial charge in [0.25, 0.3) is 0 Å². The molecule has 0 heterocycles. The van der Waals surface area contributed by atoms with Gasteiger partial charge in [0.15, 0.2) is 5.43 Å². The van der Waals surface area contributed by atoms with E-state index in [2.05, 4.69) is 0 Å².